The highest BCUT2D eigenvalue weighted by Crippen LogP contribution is 2.34. The van der Waals surface area contributed by atoms with Crippen LogP contribution in [0, 0.1) is 28.6 Å². The van der Waals surface area contributed by atoms with Crippen molar-refractivity contribution in [2.75, 3.05) is 6.54 Å². The van der Waals surface area contributed by atoms with Gasteiger partial charge in [0.05, 0.1) is 18.1 Å². The number of carbonyl (C=O) groups is 2. The van der Waals surface area contributed by atoms with Crippen LogP contribution >= 0.6 is 0 Å². The second-order valence-corrected chi connectivity index (χ2v) is 6.52. The highest BCUT2D eigenvalue weighted by atomic mass is 16.2. The van der Waals surface area contributed by atoms with Crippen LogP contribution in [0.4, 0.5) is 4.79 Å². The lowest BCUT2D eigenvalue weighted by molar-refractivity contribution is -0.131. The zero-order valence-electron chi connectivity index (χ0n) is 14.4. The molecule has 130 valence electrons. The second kappa shape index (κ2) is 6.85. The molecular weight excluding hydrogens is 328 g/mol. The number of hydrogen-bond acceptors (Lipinski definition) is 4. The van der Waals surface area contributed by atoms with Crippen LogP contribution in [-0.4, -0.2) is 23.4 Å². The molecule has 1 fully saturated rings. The molecule has 0 saturated carbocycles. The van der Waals surface area contributed by atoms with Crippen molar-refractivity contribution in [2.24, 2.45) is 5.92 Å². The van der Waals surface area contributed by atoms with Crippen molar-refractivity contribution < 1.29 is 9.59 Å². The average Bonchev–Trinajstić information content (AvgIpc) is 2.88. The van der Waals surface area contributed by atoms with Gasteiger partial charge >= 0.3 is 6.03 Å². The molecule has 3 amide bonds. The van der Waals surface area contributed by atoms with Crippen molar-refractivity contribution in [1.82, 2.24) is 10.2 Å². The smallest absolute Gasteiger partial charge is 0.319 e. The Bertz CT molecular complexity index is 951. The zero-order valence-corrected chi connectivity index (χ0v) is 14.4. The highest BCUT2D eigenvalue weighted by Gasteiger charge is 2.49. The Balaban J connectivity index is 1.94. The summed E-state index contributed by atoms with van der Waals surface area (Å²) in [6.07, 6.45) is 0.539. The molecule has 2 aromatic carbocycles. The number of benzene rings is 2. The molecule has 0 spiro atoms. The Kier molecular flexibility index (Phi) is 4.60. The van der Waals surface area contributed by atoms with Gasteiger partial charge in [-0.2, -0.15) is 10.5 Å². The maximum Gasteiger partial charge on any atom is 0.325 e. The van der Waals surface area contributed by atoms with Crippen LogP contribution in [0.1, 0.15) is 25.3 Å². The first-order valence-corrected chi connectivity index (χ1v) is 8.40. The predicted octanol–water partition coefficient (Wildman–Crippen LogP) is 3.05. The van der Waals surface area contributed by atoms with Crippen molar-refractivity contribution in [1.29, 1.82) is 10.5 Å². The maximum absolute atomic E-state index is 13.1. The third-order valence-corrected chi connectivity index (χ3v) is 4.79. The van der Waals surface area contributed by atoms with Crippen LogP contribution in [0.3, 0.4) is 0 Å². The fourth-order valence-corrected chi connectivity index (χ4v) is 3.36. The number of amides is 3. The van der Waals surface area contributed by atoms with E-state index in [1.807, 2.05) is 48.5 Å². The average molecular weight is 346 g/mol. The van der Waals surface area contributed by atoms with Crippen LogP contribution in [0.5, 0.6) is 0 Å². The topological polar surface area (TPSA) is 97.0 Å². The molecule has 6 nitrogen and oxygen atoms in total. The van der Waals surface area contributed by atoms with E-state index in [0.29, 0.717) is 6.42 Å². The largest absolute Gasteiger partial charge is 0.325 e. The second-order valence-electron chi connectivity index (χ2n) is 6.52. The predicted molar refractivity (Wildman–Crippen MR) is 95.5 cm³/mol. The van der Waals surface area contributed by atoms with E-state index in [1.54, 1.807) is 6.92 Å². The first-order valence-electron chi connectivity index (χ1n) is 8.40. The van der Waals surface area contributed by atoms with Crippen LogP contribution in [0.2, 0.25) is 0 Å². The summed E-state index contributed by atoms with van der Waals surface area (Å²) in [5.41, 5.74) is -0.463. The van der Waals surface area contributed by atoms with E-state index in [4.69, 9.17) is 5.26 Å². The number of nitrogens with one attached hydrogen (secondary N) is 1. The lowest BCUT2D eigenvalue weighted by Crippen LogP contribution is -2.41. The summed E-state index contributed by atoms with van der Waals surface area (Å²) in [5, 5.41) is 22.6. The van der Waals surface area contributed by atoms with Crippen molar-refractivity contribution >= 4 is 22.7 Å². The van der Waals surface area contributed by atoms with Crippen LogP contribution in [0.25, 0.3) is 10.8 Å². The van der Waals surface area contributed by atoms with E-state index in [9.17, 15) is 14.9 Å². The third-order valence-electron chi connectivity index (χ3n) is 4.79. The lowest BCUT2D eigenvalue weighted by atomic mass is 9.87. The summed E-state index contributed by atoms with van der Waals surface area (Å²) in [7, 11) is 0. The molecule has 0 bridgehead atoms. The van der Waals surface area contributed by atoms with Gasteiger partial charge in [-0.3, -0.25) is 9.69 Å². The Hall–Kier alpha value is -3.38. The van der Waals surface area contributed by atoms with Gasteiger partial charge in [-0.15, -0.1) is 0 Å². The minimum absolute atomic E-state index is 0.0107. The van der Waals surface area contributed by atoms with E-state index in [0.717, 1.165) is 21.2 Å². The van der Waals surface area contributed by atoms with Gasteiger partial charge in [-0.05, 0) is 29.7 Å². The lowest BCUT2D eigenvalue weighted by Gasteiger charge is -2.24. The standard InChI is InChI=1S/C20H18N4O2/c1-20(17-10-4-8-15-7-2-3-9-16(15)17)18(25)24(19(26)23-20)13-14(12-22)6-5-11-21/h2-4,7-10,14H,5-6,13H2,1H3,(H,23,26)/t14-,20+/m1/s1. The molecule has 0 unspecified atom stereocenters. The van der Waals surface area contributed by atoms with E-state index in [1.165, 1.54) is 0 Å². The first-order chi connectivity index (χ1) is 12.5. The van der Waals surface area contributed by atoms with Gasteiger partial charge in [-0.25, -0.2) is 4.79 Å². The molecular formula is C20H18N4O2. The molecule has 1 N–H and O–H groups in total. The molecule has 1 saturated heterocycles. The Morgan fingerprint density at radius 2 is 1.88 bits per heavy atom. The Labute approximate surface area is 151 Å². The van der Waals surface area contributed by atoms with E-state index < -0.39 is 17.5 Å². The molecule has 1 heterocycles. The molecule has 0 aromatic heterocycles. The van der Waals surface area contributed by atoms with Crippen LogP contribution in [-0.2, 0) is 10.3 Å². The SMILES string of the molecule is C[C@@]1(c2cccc3ccccc23)NC(=O)N(C[C@@H](C#N)CCC#N)C1=O. The number of imide groups is 1. The van der Waals surface area contributed by atoms with Gasteiger partial charge in [0.1, 0.15) is 5.54 Å². The van der Waals surface area contributed by atoms with Gasteiger partial charge in [-0.1, -0.05) is 42.5 Å². The molecule has 6 heteroatoms. The Morgan fingerprint density at radius 3 is 2.62 bits per heavy atom. The van der Waals surface area contributed by atoms with E-state index >= 15 is 0 Å². The first kappa shape index (κ1) is 17.4. The third kappa shape index (κ3) is 2.87. The number of nitrogens with zero attached hydrogens (tertiary/aromatic N) is 3. The minimum atomic E-state index is -1.19. The van der Waals surface area contributed by atoms with Crippen molar-refractivity contribution in [3.8, 4) is 12.1 Å². The molecule has 1 aliphatic rings. The van der Waals surface area contributed by atoms with Crippen LogP contribution in [0.15, 0.2) is 42.5 Å². The fraction of sp³-hybridized carbons (Fsp3) is 0.300. The fourth-order valence-electron chi connectivity index (χ4n) is 3.36. The molecule has 1 aliphatic heterocycles. The molecule has 0 aliphatic carbocycles. The summed E-state index contributed by atoms with van der Waals surface area (Å²) in [6.45, 7) is 1.68. The van der Waals surface area contributed by atoms with Crippen molar-refractivity contribution in [3.63, 3.8) is 0 Å². The molecule has 2 atom stereocenters. The minimum Gasteiger partial charge on any atom is -0.319 e. The van der Waals surface area contributed by atoms with E-state index in [2.05, 4.69) is 11.4 Å². The quantitative estimate of drug-likeness (QED) is 0.841. The van der Waals surface area contributed by atoms with Crippen LogP contribution < -0.4 is 5.32 Å². The summed E-state index contributed by atoms with van der Waals surface area (Å²) in [6, 6.07) is 16.9. The van der Waals surface area contributed by atoms with Gasteiger partial charge in [0.25, 0.3) is 5.91 Å². The molecule has 26 heavy (non-hydrogen) atoms. The number of fused-ring (bicyclic) bond motifs is 1. The van der Waals surface area contributed by atoms with Gasteiger partial charge in [0, 0.05) is 13.0 Å². The summed E-state index contributed by atoms with van der Waals surface area (Å²) in [5.74, 6) is -0.935. The van der Waals surface area contributed by atoms with Gasteiger partial charge in [0.15, 0.2) is 0 Å². The van der Waals surface area contributed by atoms with E-state index in [-0.39, 0.29) is 18.9 Å². The Morgan fingerprint density at radius 1 is 1.15 bits per heavy atom. The maximum atomic E-state index is 13.1. The number of nitriles is 2. The summed E-state index contributed by atoms with van der Waals surface area (Å²) >= 11 is 0. The van der Waals surface area contributed by atoms with Crippen molar-refractivity contribution in [2.45, 2.75) is 25.3 Å². The monoisotopic (exact) mass is 346 g/mol. The zero-order chi connectivity index (χ0) is 18.7. The van der Waals surface area contributed by atoms with Crippen molar-refractivity contribution in [3.05, 3.63) is 48.0 Å². The highest BCUT2D eigenvalue weighted by molar-refractivity contribution is 6.09. The number of carbonyl (C=O) groups excluding carboxylic acids is 2. The summed E-state index contributed by atoms with van der Waals surface area (Å²) in [4.78, 5) is 26.6. The number of urea groups is 1. The van der Waals surface area contributed by atoms with Gasteiger partial charge < -0.3 is 5.32 Å². The molecule has 2 aromatic rings. The number of rotatable bonds is 5. The summed E-state index contributed by atoms with van der Waals surface area (Å²) < 4.78 is 0. The normalized spacial score (nSPS) is 20.5. The molecule has 3 rings (SSSR count). The molecule has 0 radical (unpaired) electrons. The van der Waals surface area contributed by atoms with Gasteiger partial charge in [0.2, 0.25) is 0 Å². The number of hydrogen-bond donors (Lipinski definition) is 1.